The van der Waals surface area contributed by atoms with Gasteiger partial charge in [0, 0.05) is 24.6 Å². The monoisotopic (exact) mass is 575 g/mol. The van der Waals surface area contributed by atoms with E-state index in [2.05, 4.69) is 10.6 Å². The van der Waals surface area contributed by atoms with E-state index in [9.17, 15) is 24.6 Å². The van der Waals surface area contributed by atoms with Crippen LogP contribution in [0.4, 0.5) is 4.79 Å². The summed E-state index contributed by atoms with van der Waals surface area (Å²) in [6.07, 6.45) is -0.207. The zero-order valence-electron chi connectivity index (χ0n) is 24.8. The first-order valence-electron chi connectivity index (χ1n) is 14.1. The summed E-state index contributed by atoms with van der Waals surface area (Å²) in [5, 5.41) is 26.2. The number of amides is 3. The normalized spacial score (nSPS) is 13.4. The van der Waals surface area contributed by atoms with Crippen molar-refractivity contribution in [1.82, 2.24) is 15.5 Å². The Hall–Kier alpha value is -4.53. The van der Waals surface area contributed by atoms with Crippen molar-refractivity contribution in [2.45, 2.75) is 77.7 Å². The van der Waals surface area contributed by atoms with Crippen LogP contribution in [0.25, 0.3) is 0 Å². The molecule has 0 spiro atoms. The van der Waals surface area contributed by atoms with Gasteiger partial charge in [-0.05, 0) is 63.4 Å². The molecule has 9 nitrogen and oxygen atoms in total. The van der Waals surface area contributed by atoms with Gasteiger partial charge in [-0.3, -0.25) is 9.59 Å². The largest absolute Gasteiger partial charge is 0.508 e. The molecular weight excluding hydrogens is 534 g/mol. The van der Waals surface area contributed by atoms with Crippen LogP contribution in [0.5, 0.6) is 11.5 Å². The maximum absolute atomic E-state index is 14.5. The smallest absolute Gasteiger partial charge is 0.408 e. The van der Waals surface area contributed by atoms with Gasteiger partial charge < -0.3 is 30.5 Å². The first-order valence-corrected chi connectivity index (χ1v) is 14.1. The number of carbonyl (C=O) groups excluding carboxylic acids is 3. The highest BCUT2D eigenvalue weighted by atomic mass is 16.6. The summed E-state index contributed by atoms with van der Waals surface area (Å²) in [5.41, 5.74) is 1.01. The highest BCUT2D eigenvalue weighted by Gasteiger charge is 2.39. The van der Waals surface area contributed by atoms with Gasteiger partial charge in [-0.2, -0.15) is 0 Å². The second kappa shape index (κ2) is 14.4. The molecule has 0 saturated carbocycles. The molecule has 9 heteroatoms. The number of ether oxygens (including phenoxy) is 1. The zero-order valence-corrected chi connectivity index (χ0v) is 24.8. The lowest BCUT2D eigenvalue weighted by atomic mass is 9.97. The van der Waals surface area contributed by atoms with Gasteiger partial charge in [-0.1, -0.05) is 67.6 Å². The molecule has 3 rings (SSSR count). The number of hydrogen-bond acceptors (Lipinski definition) is 6. The van der Waals surface area contributed by atoms with Crippen LogP contribution >= 0.6 is 0 Å². The number of nitrogens with zero attached hydrogens (tertiary/aromatic N) is 1. The molecule has 0 aliphatic carbocycles. The van der Waals surface area contributed by atoms with Crippen LogP contribution in [-0.2, 0) is 27.3 Å². The van der Waals surface area contributed by atoms with Crippen LogP contribution in [-0.4, -0.2) is 50.7 Å². The van der Waals surface area contributed by atoms with Crippen LogP contribution in [0.15, 0.2) is 78.9 Å². The first-order chi connectivity index (χ1) is 19.9. The van der Waals surface area contributed by atoms with Crippen molar-refractivity contribution in [3.63, 3.8) is 0 Å². The molecule has 0 saturated heterocycles. The van der Waals surface area contributed by atoms with E-state index in [4.69, 9.17) is 4.74 Å². The van der Waals surface area contributed by atoms with Crippen LogP contribution in [0.2, 0.25) is 0 Å². The molecule has 0 aliphatic rings. The van der Waals surface area contributed by atoms with E-state index in [1.54, 1.807) is 51.1 Å². The van der Waals surface area contributed by atoms with Crippen molar-refractivity contribution in [2.75, 3.05) is 0 Å². The van der Waals surface area contributed by atoms with E-state index in [1.807, 2.05) is 44.2 Å². The molecule has 42 heavy (non-hydrogen) atoms. The lowest BCUT2D eigenvalue weighted by Crippen LogP contribution is -2.56. The number of hydrogen-bond donors (Lipinski definition) is 4. The van der Waals surface area contributed by atoms with Crippen molar-refractivity contribution in [3.05, 3.63) is 95.6 Å². The summed E-state index contributed by atoms with van der Waals surface area (Å²) in [5.74, 6) is -1.06. The molecule has 0 heterocycles. The minimum Gasteiger partial charge on any atom is -0.508 e. The molecule has 3 aromatic rings. The number of rotatable bonds is 11. The average molecular weight is 576 g/mol. The summed E-state index contributed by atoms with van der Waals surface area (Å²) < 4.78 is 5.46. The summed E-state index contributed by atoms with van der Waals surface area (Å²) in [6, 6.07) is 19.4. The van der Waals surface area contributed by atoms with Crippen molar-refractivity contribution in [2.24, 2.45) is 0 Å². The number of alkyl carbamates (subject to hydrolysis) is 1. The SMILES string of the molecule is CCC(C)N(C(=O)C(Cc1ccc(O)cc1)NC(=O)OC(C)(C)C)C(C(=O)NCc1ccccc1)c1ccccc1O. The molecule has 3 atom stereocenters. The van der Waals surface area contributed by atoms with Crippen molar-refractivity contribution < 1.29 is 29.3 Å². The van der Waals surface area contributed by atoms with E-state index >= 15 is 0 Å². The summed E-state index contributed by atoms with van der Waals surface area (Å²) in [4.78, 5) is 42.7. The van der Waals surface area contributed by atoms with Crippen LogP contribution in [0.1, 0.15) is 63.8 Å². The molecule has 4 N–H and O–H groups in total. The third-order valence-corrected chi connectivity index (χ3v) is 6.75. The number of phenolic OH excluding ortho intramolecular Hbond substituents is 2. The van der Waals surface area contributed by atoms with Gasteiger partial charge in [0.25, 0.3) is 0 Å². The van der Waals surface area contributed by atoms with Crippen LogP contribution in [0, 0.1) is 0 Å². The Balaban J connectivity index is 2.05. The number of para-hydroxylation sites is 1. The maximum Gasteiger partial charge on any atom is 0.408 e. The van der Waals surface area contributed by atoms with E-state index in [0.29, 0.717) is 12.0 Å². The van der Waals surface area contributed by atoms with E-state index in [-0.39, 0.29) is 30.0 Å². The average Bonchev–Trinajstić information content (AvgIpc) is 2.95. The Bertz CT molecular complexity index is 1340. The Morgan fingerprint density at radius 2 is 1.50 bits per heavy atom. The quantitative estimate of drug-likeness (QED) is 0.248. The fourth-order valence-electron chi connectivity index (χ4n) is 4.51. The Morgan fingerprint density at radius 1 is 0.881 bits per heavy atom. The standard InChI is InChI=1S/C33H41N3O6/c1-6-22(2)36(29(26-14-10-11-15-28(26)38)30(39)34-21-24-12-8-7-9-13-24)31(40)27(35-32(41)42-33(3,4)5)20-23-16-18-25(37)19-17-23/h7-19,22,27,29,37-38H,6,20-21H2,1-5H3,(H,34,39)(H,35,41). The highest BCUT2D eigenvalue weighted by molar-refractivity contribution is 5.93. The number of benzene rings is 3. The van der Waals surface area contributed by atoms with E-state index < -0.39 is 41.6 Å². The zero-order chi connectivity index (χ0) is 30.9. The molecule has 0 aliphatic heterocycles. The Kier molecular flexibility index (Phi) is 11.0. The third kappa shape index (κ3) is 8.99. The third-order valence-electron chi connectivity index (χ3n) is 6.75. The molecule has 0 bridgehead atoms. The molecule has 0 radical (unpaired) electrons. The van der Waals surface area contributed by atoms with Gasteiger partial charge in [0.2, 0.25) is 11.8 Å². The summed E-state index contributed by atoms with van der Waals surface area (Å²) in [6.45, 7) is 9.10. The minimum absolute atomic E-state index is 0.0673. The molecule has 3 unspecified atom stereocenters. The van der Waals surface area contributed by atoms with E-state index in [0.717, 1.165) is 5.56 Å². The van der Waals surface area contributed by atoms with Crippen molar-refractivity contribution in [3.8, 4) is 11.5 Å². The van der Waals surface area contributed by atoms with Gasteiger partial charge in [-0.25, -0.2) is 4.79 Å². The highest BCUT2D eigenvalue weighted by Crippen LogP contribution is 2.32. The predicted molar refractivity (Wildman–Crippen MR) is 161 cm³/mol. The number of carbonyl (C=O) groups is 3. The minimum atomic E-state index is -1.19. The lowest BCUT2D eigenvalue weighted by molar-refractivity contribution is -0.145. The first kappa shape index (κ1) is 32.0. The number of nitrogens with one attached hydrogen (secondary N) is 2. The second-order valence-electron chi connectivity index (χ2n) is 11.2. The van der Waals surface area contributed by atoms with E-state index in [1.165, 1.54) is 23.1 Å². The Morgan fingerprint density at radius 3 is 2.10 bits per heavy atom. The molecule has 224 valence electrons. The topological polar surface area (TPSA) is 128 Å². The van der Waals surface area contributed by atoms with Gasteiger partial charge in [-0.15, -0.1) is 0 Å². The van der Waals surface area contributed by atoms with Gasteiger partial charge in [0.05, 0.1) is 0 Å². The van der Waals surface area contributed by atoms with Gasteiger partial charge in [0.15, 0.2) is 0 Å². The molecule has 0 fully saturated rings. The van der Waals surface area contributed by atoms with Crippen molar-refractivity contribution in [1.29, 1.82) is 0 Å². The summed E-state index contributed by atoms with van der Waals surface area (Å²) in [7, 11) is 0. The van der Waals surface area contributed by atoms with Gasteiger partial charge in [0.1, 0.15) is 29.2 Å². The van der Waals surface area contributed by atoms with Gasteiger partial charge >= 0.3 is 6.09 Å². The summed E-state index contributed by atoms with van der Waals surface area (Å²) >= 11 is 0. The Labute approximate surface area is 247 Å². The molecule has 0 aromatic heterocycles. The lowest BCUT2D eigenvalue weighted by Gasteiger charge is -2.38. The van der Waals surface area contributed by atoms with Crippen LogP contribution in [0.3, 0.4) is 0 Å². The molecule has 3 aromatic carbocycles. The fourth-order valence-corrected chi connectivity index (χ4v) is 4.51. The fraction of sp³-hybridized carbons (Fsp3) is 0.364. The van der Waals surface area contributed by atoms with Crippen LogP contribution < -0.4 is 10.6 Å². The molecule has 3 amide bonds. The predicted octanol–water partition coefficient (Wildman–Crippen LogP) is 5.22. The number of aromatic hydroxyl groups is 2. The second-order valence-corrected chi connectivity index (χ2v) is 11.2. The number of phenols is 2. The molecular formula is C33H41N3O6. The maximum atomic E-state index is 14.5. The van der Waals surface area contributed by atoms with Crippen molar-refractivity contribution >= 4 is 17.9 Å².